The van der Waals surface area contributed by atoms with Crippen LogP contribution in [-0.4, -0.2) is 15.3 Å². The molecule has 1 heterocycles. The molecule has 0 radical (unpaired) electrons. The van der Waals surface area contributed by atoms with E-state index in [4.69, 9.17) is 5.73 Å². The predicted octanol–water partition coefficient (Wildman–Crippen LogP) is 2.55. The largest absolute Gasteiger partial charge is 0.507 e. The maximum Gasteiger partial charge on any atom is 0.126 e. The fourth-order valence-corrected chi connectivity index (χ4v) is 2.93. The van der Waals surface area contributed by atoms with Crippen LogP contribution in [0.3, 0.4) is 0 Å². The van der Waals surface area contributed by atoms with E-state index in [2.05, 4.69) is 17.1 Å². The lowest BCUT2D eigenvalue weighted by Crippen LogP contribution is -2.06. The summed E-state index contributed by atoms with van der Waals surface area (Å²) in [6.07, 6.45) is 6.25. The van der Waals surface area contributed by atoms with Crippen LogP contribution in [0.15, 0.2) is 12.3 Å². The summed E-state index contributed by atoms with van der Waals surface area (Å²) in [5, 5.41) is 16.9. The van der Waals surface area contributed by atoms with Crippen LogP contribution in [0.5, 0.6) is 5.75 Å². The van der Waals surface area contributed by atoms with Crippen LogP contribution in [0.25, 0.3) is 11.1 Å². The lowest BCUT2D eigenvalue weighted by atomic mass is 9.84. The molecule has 0 aliphatic heterocycles. The minimum absolute atomic E-state index is 0.307. The minimum Gasteiger partial charge on any atom is -0.507 e. The summed E-state index contributed by atoms with van der Waals surface area (Å²) >= 11 is 0. The van der Waals surface area contributed by atoms with E-state index in [1.807, 2.05) is 6.07 Å². The second-order valence-corrected chi connectivity index (χ2v) is 4.94. The molecule has 4 N–H and O–H groups in total. The first kappa shape index (κ1) is 11.1. The highest BCUT2D eigenvalue weighted by Gasteiger charge is 2.20. The van der Waals surface area contributed by atoms with E-state index in [0.29, 0.717) is 11.6 Å². The smallest absolute Gasteiger partial charge is 0.126 e. The number of aryl methyl sites for hydroxylation is 1. The van der Waals surface area contributed by atoms with Crippen LogP contribution in [0.4, 0.5) is 5.82 Å². The number of anilines is 1. The number of rotatable bonds is 1. The summed E-state index contributed by atoms with van der Waals surface area (Å²) < 4.78 is 0. The third-order valence-electron chi connectivity index (χ3n) is 3.84. The summed E-state index contributed by atoms with van der Waals surface area (Å²) in [4.78, 5) is 0. The zero-order chi connectivity index (χ0) is 12.7. The van der Waals surface area contributed by atoms with Gasteiger partial charge in [0, 0.05) is 11.1 Å². The molecule has 94 valence electrons. The van der Waals surface area contributed by atoms with Crippen molar-refractivity contribution in [3.8, 4) is 16.9 Å². The highest BCUT2D eigenvalue weighted by molar-refractivity contribution is 5.81. The van der Waals surface area contributed by atoms with Crippen LogP contribution >= 0.6 is 0 Å². The fraction of sp³-hybridized carbons (Fsp3) is 0.357. The van der Waals surface area contributed by atoms with Crippen molar-refractivity contribution in [2.75, 3.05) is 5.73 Å². The van der Waals surface area contributed by atoms with Gasteiger partial charge in [-0.3, -0.25) is 5.10 Å². The SMILES string of the molecule is Cc1c2c(cc(O)c1-c1cn[nH]c1N)CCCC2. The number of nitrogen functional groups attached to an aromatic ring is 1. The number of phenolic OH excluding ortho intramolecular Hbond substituents is 1. The Morgan fingerprint density at radius 3 is 2.83 bits per heavy atom. The quantitative estimate of drug-likeness (QED) is 0.720. The molecule has 3 rings (SSSR count). The van der Waals surface area contributed by atoms with Crippen molar-refractivity contribution in [3.05, 3.63) is 29.0 Å². The van der Waals surface area contributed by atoms with Gasteiger partial charge in [0.25, 0.3) is 0 Å². The molecule has 1 aliphatic rings. The van der Waals surface area contributed by atoms with Gasteiger partial charge in [-0.15, -0.1) is 0 Å². The molecule has 18 heavy (non-hydrogen) atoms. The molecule has 0 saturated carbocycles. The first-order valence-electron chi connectivity index (χ1n) is 6.32. The number of phenols is 1. The molecule has 0 spiro atoms. The average Bonchev–Trinajstić information content (AvgIpc) is 2.76. The molecule has 0 unspecified atom stereocenters. The standard InChI is InChI=1S/C14H17N3O/c1-8-10-5-3-2-4-9(10)6-12(18)13(8)11-7-16-17-14(11)15/h6-7,18H,2-5H2,1H3,(H3,15,16,17). The Morgan fingerprint density at radius 2 is 2.11 bits per heavy atom. The predicted molar refractivity (Wildman–Crippen MR) is 71.5 cm³/mol. The van der Waals surface area contributed by atoms with E-state index in [1.165, 1.54) is 24.0 Å². The second-order valence-electron chi connectivity index (χ2n) is 4.94. The third kappa shape index (κ3) is 1.56. The zero-order valence-corrected chi connectivity index (χ0v) is 10.5. The summed E-state index contributed by atoms with van der Waals surface area (Å²) in [5.74, 6) is 0.811. The van der Waals surface area contributed by atoms with E-state index in [-0.39, 0.29) is 0 Å². The third-order valence-corrected chi connectivity index (χ3v) is 3.84. The van der Waals surface area contributed by atoms with E-state index in [0.717, 1.165) is 29.5 Å². The van der Waals surface area contributed by atoms with Gasteiger partial charge in [0.05, 0.1) is 6.20 Å². The van der Waals surface area contributed by atoms with Gasteiger partial charge in [0.15, 0.2) is 0 Å². The van der Waals surface area contributed by atoms with E-state index >= 15 is 0 Å². The van der Waals surface area contributed by atoms with Gasteiger partial charge in [-0.2, -0.15) is 5.10 Å². The lowest BCUT2D eigenvalue weighted by Gasteiger charge is -2.21. The Bertz CT molecular complexity index is 601. The molecule has 0 fully saturated rings. The number of nitrogens with one attached hydrogen (secondary N) is 1. The van der Waals surface area contributed by atoms with Crippen molar-refractivity contribution in [2.45, 2.75) is 32.6 Å². The van der Waals surface area contributed by atoms with Crippen molar-refractivity contribution in [1.82, 2.24) is 10.2 Å². The van der Waals surface area contributed by atoms with E-state index in [1.54, 1.807) is 6.20 Å². The number of nitrogens with two attached hydrogens (primary N) is 1. The van der Waals surface area contributed by atoms with Crippen molar-refractivity contribution >= 4 is 5.82 Å². The van der Waals surface area contributed by atoms with Gasteiger partial charge >= 0.3 is 0 Å². The summed E-state index contributed by atoms with van der Waals surface area (Å²) in [5.41, 5.74) is 11.3. The minimum atomic E-state index is 0.307. The summed E-state index contributed by atoms with van der Waals surface area (Å²) in [7, 11) is 0. The fourth-order valence-electron chi connectivity index (χ4n) is 2.93. The summed E-state index contributed by atoms with van der Waals surface area (Å²) in [6, 6.07) is 1.89. The molecule has 1 aliphatic carbocycles. The van der Waals surface area contributed by atoms with Crippen molar-refractivity contribution in [2.24, 2.45) is 0 Å². The maximum atomic E-state index is 10.2. The van der Waals surface area contributed by atoms with Gasteiger partial charge in [-0.05, 0) is 55.4 Å². The average molecular weight is 243 g/mol. The Balaban J connectivity index is 2.24. The van der Waals surface area contributed by atoms with Crippen LogP contribution in [0.2, 0.25) is 0 Å². The number of aromatic amines is 1. The number of H-pyrrole nitrogens is 1. The first-order chi connectivity index (χ1) is 8.68. The topological polar surface area (TPSA) is 74.9 Å². The van der Waals surface area contributed by atoms with Gasteiger partial charge in [0.2, 0.25) is 0 Å². The van der Waals surface area contributed by atoms with E-state index in [9.17, 15) is 5.11 Å². The summed E-state index contributed by atoms with van der Waals surface area (Å²) in [6.45, 7) is 2.06. The van der Waals surface area contributed by atoms with Crippen LogP contribution in [0, 0.1) is 6.92 Å². The van der Waals surface area contributed by atoms with Crippen LogP contribution in [-0.2, 0) is 12.8 Å². The Hall–Kier alpha value is -1.97. The molecule has 1 aromatic heterocycles. The van der Waals surface area contributed by atoms with E-state index < -0.39 is 0 Å². The number of hydrogen-bond acceptors (Lipinski definition) is 3. The zero-order valence-electron chi connectivity index (χ0n) is 10.5. The normalized spacial score (nSPS) is 14.5. The first-order valence-corrected chi connectivity index (χ1v) is 6.32. The molecule has 4 heteroatoms. The Kier molecular flexibility index (Phi) is 2.51. The van der Waals surface area contributed by atoms with Crippen LogP contribution < -0.4 is 5.73 Å². The number of aromatic hydroxyl groups is 1. The van der Waals surface area contributed by atoms with Crippen molar-refractivity contribution in [1.29, 1.82) is 0 Å². The molecule has 0 bridgehead atoms. The van der Waals surface area contributed by atoms with Gasteiger partial charge < -0.3 is 10.8 Å². The molecule has 0 atom stereocenters. The number of fused-ring (bicyclic) bond motifs is 1. The lowest BCUT2D eigenvalue weighted by molar-refractivity contribution is 0.475. The molecule has 0 saturated heterocycles. The molecular formula is C14H17N3O. The van der Waals surface area contributed by atoms with Gasteiger partial charge in [-0.25, -0.2) is 0 Å². The van der Waals surface area contributed by atoms with Gasteiger partial charge in [0.1, 0.15) is 11.6 Å². The highest BCUT2D eigenvalue weighted by atomic mass is 16.3. The molecular weight excluding hydrogens is 226 g/mol. The molecule has 1 aromatic carbocycles. The second kappa shape index (κ2) is 4.05. The Morgan fingerprint density at radius 1 is 1.33 bits per heavy atom. The van der Waals surface area contributed by atoms with Gasteiger partial charge in [-0.1, -0.05) is 0 Å². The molecule has 4 nitrogen and oxygen atoms in total. The van der Waals surface area contributed by atoms with Crippen LogP contribution in [0.1, 0.15) is 29.5 Å². The number of aromatic nitrogens is 2. The van der Waals surface area contributed by atoms with Crippen molar-refractivity contribution in [3.63, 3.8) is 0 Å². The van der Waals surface area contributed by atoms with Crippen molar-refractivity contribution < 1.29 is 5.11 Å². The number of nitrogens with zero attached hydrogens (tertiary/aromatic N) is 1. The highest BCUT2D eigenvalue weighted by Crippen LogP contribution is 2.40. The maximum absolute atomic E-state index is 10.2. The molecule has 2 aromatic rings. The monoisotopic (exact) mass is 243 g/mol. The Labute approximate surface area is 106 Å². The number of benzene rings is 1. The number of hydrogen-bond donors (Lipinski definition) is 3. The molecule has 0 amide bonds.